The molecule has 0 bridgehead atoms. The van der Waals surface area contributed by atoms with Crippen molar-refractivity contribution in [2.45, 2.75) is 30.3 Å². The maximum absolute atomic E-state index is 13.6. The summed E-state index contributed by atoms with van der Waals surface area (Å²) in [4.78, 5) is 0.0135. The molecule has 0 amide bonds. The van der Waals surface area contributed by atoms with E-state index >= 15 is 0 Å². The molecule has 0 aromatic heterocycles. The predicted octanol–water partition coefficient (Wildman–Crippen LogP) is 1.47. The first kappa shape index (κ1) is 11.5. The Labute approximate surface area is 93.8 Å². The Kier molecular flexibility index (Phi) is 2.36. The number of aliphatic hydroxyl groups is 1. The standard InChI is InChI=1S/C11H13FO3S/c1-11(2,13)7-6-16(14,15)9-5-3-4-8(12)10(7)9/h3-5,7,13H,6H2,1-2H3. The maximum atomic E-state index is 13.6. The third kappa shape index (κ3) is 1.64. The van der Waals surface area contributed by atoms with Crippen molar-refractivity contribution >= 4 is 9.84 Å². The minimum atomic E-state index is -3.46. The molecule has 1 heterocycles. The zero-order valence-electron chi connectivity index (χ0n) is 9.07. The summed E-state index contributed by atoms with van der Waals surface area (Å²) in [5, 5.41) is 9.89. The molecule has 1 aromatic carbocycles. The van der Waals surface area contributed by atoms with Gasteiger partial charge in [0, 0.05) is 11.5 Å². The lowest BCUT2D eigenvalue weighted by atomic mass is 9.86. The SMILES string of the molecule is CC(C)(O)C1CS(=O)(=O)c2cccc(F)c21. The fourth-order valence-electron chi connectivity index (χ4n) is 2.08. The Morgan fingerprint density at radius 2 is 2.06 bits per heavy atom. The third-order valence-corrected chi connectivity index (χ3v) is 4.73. The van der Waals surface area contributed by atoms with E-state index < -0.39 is 27.2 Å². The van der Waals surface area contributed by atoms with Gasteiger partial charge < -0.3 is 5.11 Å². The maximum Gasteiger partial charge on any atom is 0.179 e. The van der Waals surface area contributed by atoms with Crippen LogP contribution in [0.3, 0.4) is 0 Å². The van der Waals surface area contributed by atoms with Gasteiger partial charge in [-0.05, 0) is 26.0 Å². The van der Waals surface area contributed by atoms with Gasteiger partial charge in [-0.25, -0.2) is 12.8 Å². The second-order valence-electron chi connectivity index (χ2n) is 4.64. The van der Waals surface area contributed by atoms with E-state index in [2.05, 4.69) is 0 Å². The monoisotopic (exact) mass is 244 g/mol. The van der Waals surface area contributed by atoms with Crippen molar-refractivity contribution in [3.63, 3.8) is 0 Å². The van der Waals surface area contributed by atoms with Crippen LogP contribution >= 0.6 is 0 Å². The second kappa shape index (κ2) is 3.28. The summed E-state index contributed by atoms with van der Waals surface area (Å²) < 4.78 is 37.2. The van der Waals surface area contributed by atoms with Gasteiger partial charge in [0.25, 0.3) is 0 Å². The molecule has 0 radical (unpaired) electrons. The van der Waals surface area contributed by atoms with Gasteiger partial charge in [0.1, 0.15) is 5.82 Å². The highest BCUT2D eigenvalue weighted by atomic mass is 32.2. The highest BCUT2D eigenvalue weighted by molar-refractivity contribution is 7.91. The molecule has 16 heavy (non-hydrogen) atoms. The third-order valence-electron chi connectivity index (χ3n) is 2.94. The van der Waals surface area contributed by atoms with Gasteiger partial charge >= 0.3 is 0 Å². The van der Waals surface area contributed by atoms with Crippen LogP contribution in [-0.4, -0.2) is 24.9 Å². The molecule has 1 N–H and O–H groups in total. The minimum absolute atomic E-state index is 0.0135. The Morgan fingerprint density at radius 1 is 1.44 bits per heavy atom. The molecule has 88 valence electrons. The molecule has 3 nitrogen and oxygen atoms in total. The molecule has 0 aliphatic carbocycles. The zero-order valence-corrected chi connectivity index (χ0v) is 9.88. The molecular weight excluding hydrogens is 231 g/mol. The lowest BCUT2D eigenvalue weighted by Gasteiger charge is -2.25. The van der Waals surface area contributed by atoms with Gasteiger partial charge in [0.05, 0.1) is 16.2 Å². The number of rotatable bonds is 1. The van der Waals surface area contributed by atoms with Crippen molar-refractivity contribution in [3.05, 3.63) is 29.6 Å². The molecule has 0 spiro atoms. The van der Waals surface area contributed by atoms with Gasteiger partial charge in [-0.1, -0.05) is 6.07 Å². The fraction of sp³-hybridized carbons (Fsp3) is 0.455. The molecular formula is C11H13FO3S. The van der Waals surface area contributed by atoms with E-state index in [4.69, 9.17) is 0 Å². The molecule has 0 saturated carbocycles. The average molecular weight is 244 g/mol. The van der Waals surface area contributed by atoms with E-state index in [9.17, 15) is 17.9 Å². The summed E-state index contributed by atoms with van der Waals surface area (Å²) in [6, 6.07) is 3.98. The van der Waals surface area contributed by atoms with E-state index in [0.717, 1.165) is 0 Å². The molecule has 1 aliphatic rings. The van der Waals surface area contributed by atoms with Crippen molar-refractivity contribution in [1.29, 1.82) is 0 Å². The molecule has 1 unspecified atom stereocenters. The van der Waals surface area contributed by atoms with Gasteiger partial charge in [-0.3, -0.25) is 0 Å². The van der Waals surface area contributed by atoms with Gasteiger partial charge in [-0.15, -0.1) is 0 Å². The summed E-state index contributed by atoms with van der Waals surface area (Å²) >= 11 is 0. The number of benzene rings is 1. The molecule has 0 saturated heterocycles. The smallest absolute Gasteiger partial charge is 0.179 e. The van der Waals surface area contributed by atoms with Gasteiger partial charge in [0.15, 0.2) is 9.84 Å². The number of halogens is 1. The molecule has 0 fully saturated rings. The quantitative estimate of drug-likeness (QED) is 0.813. The normalized spacial score (nSPS) is 23.1. The number of sulfone groups is 1. The van der Waals surface area contributed by atoms with Crippen molar-refractivity contribution in [2.24, 2.45) is 0 Å². The summed E-state index contributed by atoms with van der Waals surface area (Å²) in [6.07, 6.45) is 0. The highest BCUT2D eigenvalue weighted by Gasteiger charge is 2.43. The van der Waals surface area contributed by atoms with Gasteiger partial charge in [-0.2, -0.15) is 0 Å². The van der Waals surface area contributed by atoms with Crippen LogP contribution in [0, 0.1) is 5.82 Å². The first-order chi connectivity index (χ1) is 7.23. The lowest BCUT2D eigenvalue weighted by molar-refractivity contribution is 0.0563. The number of fused-ring (bicyclic) bond motifs is 1. The van der Waals surface area contributed by atoms with Crippen molar-refractivity contribution in [1.82, 2.24) is 0 Å². The fourth-order valence-corrected chi connectivity index (χ4v) is 4.13. The average Bonchev–Trinajstić information content (AvgIpc) is 2.39. The number of hydrogen-bond donors (Lipinski definition) is 1. The van der Waals surface area contributed by atoms with Crippen molar-refractivity contribution < 1.29 is 17.9 Å². The topological polar surface area (TPSA) is 54.4 Å². The Balaban J connectivity index is 2.71. The van der Waals surface area contributed by atoms with E-state index in [-0.39, 0.29) is 16.2 Å². The molecule has 5 heteroatoms. The summed E-state index contributed by atoms with van der Waals surface area (Å²) in [7, 11) is -3.46. The summed E-state index contributed by atoms with van der Waals surface area (Å²) in [5.74, 6) is -1.49. The zero-order chi connectivity index (χ0) is 12.1. The van der Waals surface area contributed by atoms with Crippen LogP contribution in [0.25, 0.3) is 0 Å². The molecule has 1 aromatic rings. The van der Waals surface area contributed by atoms with E-state index in [1.807, 2.05) is 0 Å². The van der Waals surface area contributed by atoms with Crippen LogP contribution in [0.5, 0.6) is 0 Å². The summed E-state index contributed by atoms with van der Waals surface area (Å²) in [6.45, 7) is 2.99. The van der Waals surface area contributed by atoms with Crippen molar-refractivity contribution in [2.75, 3.05) is 5.75 Å². The van der Waals surface area contributed by atoms with E-state index in [1.54, 1.807) is 0 Å². The van der Waals surface area contributed by atoms with E-state index in [1.165, 1.54) is 32.0 Å². The highest BCUT2D eigenvalue weighted by Crippen LogP contribution is 2.42. The van der Waals surface area contributed by atoms with Crippen LogP contribution < -0.4 is 0 Å². The Hall–Kier alpha value is -0.940. The van der Waals surface area contributed by atoms with Crippen LogP contribution in [-0.2, 0) is 9.84 Å². The first-order valence-electron chi connectivity index (χ1n) is 4.97. The Morgan fingerprint density at radius 3 is 2.62 bits per heavy atom. The summed E-state index contributed by atoms with van der Waals surface area (Å²) in [5.41, 5.74) is -1.13. The number of hydrogen-bond acceptors (Lipinski definition) is 3. The predicted molar refractivity (Wildman–Crippen MR) is 57.5 cm³/mol. The second-order valence-corrected chi connectivity index (χ2v) is 6.64. The van der Waals surface area contributed by atoms with Crippen molar-refractivity contribution in [3.8, 4) is 0 Å². The molecule has 1 aliphatic heterocycles. The molecule has 1 atom stereocenters. The lowest BCUT2D eigenvalue weighted by Crippen LogP contribution is -2.30. The van der Waals surface area contributed by atoms with Crippen LogP contribution in [0.4, 0.5) is 4.39 Å². The van der Waals surface area contributed by atoms with Crippen LogP contribution in [0.2, 0.25) is 0 Å². The minimum Gasteiger partial charge on any atom is -0.390 e. The largest absolute Gasteiger partial charge is 0.390 e. The Bertz CT molecular complexity index is 529. The van der Waals surface area contributed by atoms with Crippen LogP contribution in [0.15, 0.2) is 23.1 Å². The van der Waals surface area contributed by atoms with E-state index in [0.29, 0.717) is 0 Å². The van der Waals surface area contributed by atoms with Gasteiger partial charge in [0.2, 0.25) is 0 Å². The molecule has 2 rings (SSSR count). The van der Waals surface area contributed by atoms with Crippen LogP contribution in [0.1, 0.15) is 25.3 Å². The first-order valence-corrected chi connectivity index (χ1v) is 6.62.